The second-order valence-electron chi connectivity index (χ2n) is 9.51. The molecule has 0 radical (unpaired) electrons. The largest absolute Gasteiger partial charge is 0.370 e. The van der Waals surface area contributed by atoms with Crippen LogP contribution in [0.2, 0.25) is 0 Å². The van der Waals surface area contributed by atoms with Crippen LogP contribution < -0.4 is 16.4 Å². The van der Waals surface area contributed by atoms with E-state index in [1.165, 1.54) is 6.07 Å². The number of benzene rings is 1. The number of likely N-dealkylation sites (tertiary alicyclic amines) is 1. The van der Waals surface area contributed by atoms with Gasteiger partial charge in [0.1, 0.15) is 17.7 Å². The minimum Gasteiger partial charge on any atom is -0.370 e. The average molecular weight is 421 g/mol. The number of rotatable bonds is 4. The van der Waals surface area contributed by atoms with E-state index >= 15 is 0 Å². The fraction of sp³-hybridized carbons (Fsp3) is 0.682. The number of hydrogen-bond donors (Lipinski definition) is 3. The molecular formula is C22H30F2N4O2. The van der Waals surface area contributed by atoms with Crippen LogP contribution in [0.25, 0.3) is 0 Å². The average Bonchev–Trinajstić information content (AvgIpc) is 3.30. The predicted molar refractivity (Wildman–Crippen MR) is 108 cm³/mol. The summed E-state index contributed by atoms with van der Waals surface area (Å²) in [5, 5.41) is 6.13. The number of urea groups is 1. The Kier molecular flexibility index (Phi) is 5.41. The van der Waals surface area contributed by atoms with Crippen LogP contribution in [0.5, 0.6) is 0 Å². The zero-order chi connectivity index (χ0) is 20.8. The number of nitrogens with two attached hydrogens (primary N) is 1. The van der Waals surface area contributed by atoms with Gasteiger partial charge in [-0.25, -0.2) is 13.6 Å². The lowest BCUT2D eigenvalue weighted by Gasteiger charge is -2.39. The van der Waals surface area contributed by atoms with E-state index in [0.29, 0.717) is 30.9 Å². The van der Waals surface area contributed by atoms with Crippen LogP contribution in [-0.2, 0) is 4.74 Å². The lowest BCUT2D eigenvalue weighted by molar-refractivity contribution is -0.0485. The third-order valence-electron chi connectivity index (χ3n) is 7.21. The van der Waals surface area contributed by atoms with E-state index in [0.717, 1.165) is 50.9 Å². The molecular weight excluding hydrogens is 390 g/mol. The quantitative estimate of drug-likeness (QED) is 0.698. The molecule has 2 unspecified atom stereocenters. The highest BCUT2D eigenvalue weighted by Gasteiger charge is 2.45. The Morgan fingerprint density at radius 1 is 1.07 bits per heavy atom. The number of carbonyl (C=O) groups is 1. The number of nitrogens with zero attached hydrogens (tertiary/aromatic N) is 1. The van der Waals surface area contributed by atoms with Crippen molar-refractivity contribution in [3.8, 4) is 0 Å². The number of ether oxygens (including phenoxy) is 1. The molecule has 2 saturated heterocycles. The number of hydrogen-bond acceptors (Lipinski definition) is 4. The van der Waals surface area contributed by atoms with Crippen molar-refractivity contribution >= 4 is 6.03 Å². The predicted octanol–water partition coefficient (Wildman–Crippen LogP) is 2.29. The van der Waals surface area contributed by atoms with Crippen molar-refractivity contribution in [3.63, 3.8) is 0 Å². The third-order valence-corrected chi connectivity index (χ3v) is 7.21. The van der Waals surface area contributed by atoms with Crippen molar-refractivity contribution in [1.82, 2.24) is 15.5 Å². The van der Waals surface area contributed by atoms with Crippen molar-refractivity contribution in [3.05, 3.63) is 35.4 Å². The molecule has 2 amide bonds. The molecule has 4 N–H and O–H groups in total. The third kappa shape index (κ3) is 4.18. The summed E-state index contributed by atoms with van der Waals surface area (Å²) in [7, 11) is 0. The van der Waals surface area contributed by atoms with Crippen LogP contribution in [0.3, 0.4) is 0 Å². The van der Waals surface area contributed by atoms with Gasteiger partial charge in [-0.3, -0.25) is 4.90 Å². The van der Waals surface area contributed by atoms with Gasteiger partial charge >= 0.3 is 6.03 Å². The molecule has 5 rings (SSSR count). The standard InChI is InChI=1S/C22H30F2N4O2/c23-14-1-4-19(24)18(7-14)21-20(25)8-17(11-30-21)28-9-12-5-16(6-13(12)10-28)27-22(29)26-15-2-3-15/h1,4,7,12-13,15-17,20-21H,2-3,5-6,8-11,25H2,(H2,26,27,29)/t12?,13?,16?,17-,20+,21-/m1/s1. The number of nitrogens with one attached hydrogen (secondary N) is 2. The van der Waals surface area contributed by atoms with E-state index in [1.54, 1.807) is 0 Å². The van der Waals surface area contributed by atoms with E-state index in [1.807, 2.05) is 0 Å². The Balaban J connectivity index is 1.13. The van der Waals surface area contributed by atoms with Gasteiger partial charge in [0.05, 0.1) is 6.61 Å². The van der Waals surface area contributed by atoms with Crippen LogP contribution >= 0.6 is 0 Å². The highest BCUT2D eigenvalue weighted by atomic mass is 19.1. The SMILES string of the molecule is N[C@H]1C[C@@H](N2CC3CC(NC(=O)NC4CC4)CC3C2)CO[C@@H]1c1cc(F)ccc1F. The maximum absolute atomic E-state index is 14.1. The van der Waals surface area contributed by atoms with Crippen molar-refractivity contribution in [2.75, 3.05) is 19.7 Å². The number of fused-ring (bicyclic) bond motifs is 1. The molecule has 30 heavy (non-hydrogen) atoms. The molecule has 4 fully saturated rings. The summed E-state index contributed by atoms with van der Waals surface area (Å²) < 4.78 is 33.6. The summed E-state index contributed by atoms with van der Waals surface area (Å²) in [6.45, 7) is 2.43. The van der Waals surface area contributed by atoms with Gasteiger partial charge in [0.15, 0.2) is 0 Å². The van der Waals surface area contributed by atoms with Crippen LogP contribution in [0, 0.1) is 23.5 Å². The minimum atomic E-state index is -0.613. The summed E-state index contributed by atoms with van der Waals surface area (Å²) in [5.74, 6) is 0.192. The highest BCUT2D eigenvalue weighted by molar-refractivity contribution is 5.74. The molecule has 0 bridgehead atoms. The van der Waals surface area contributed by atoms with Crippen LogP contribution in [0.1, 0.15) is 43.8 Å². The molecule has 0 aromatic heterocycles. The summed E-state index contributed by atoms with van der Waals surface area (Å²) in [6.07, 6.45) is 4.29. The van der Waals surface area contributed by atoms with Crippen molar-refractivity contribution < 1.29 is 18.3 Å². The summed E-state index contributed by atoms with van der Waals surface area (Å²) in [5.41, 5.74) is 6.54. The van der Waals surface area contributed by atoms with E-state index in [4.69, 9.17) is 10.5 Å². The molecule has 2 heterocycles. The molecule has 5 atom stereocenters. The van der Waals surface area contributed by atoms with E-state index < -0.39 is 17.7 Å². The lowest BCUT2D eigenvalue weighted by atomic mass is 9.93. The minimum absolute atomic E-state index is 0.0263. The van der Waals surface area contributed by atoms with Crippen molar-refractivity contribution in [2.24, 2.45) is 17.6 Å². The smallest absolute Gasteiger partial charge is 0.315 e. The summed E-state index contributed by atoms with van der Waals surface area (Å²) in [6, 6.07) is 3.85. The first-order chi connectivity index (χ1) is 14.5. The molecule has 8 heteroatoms. The van der Waals surface area contributed by atoms with Gasteiger partial charge in [-0.2, -0.15) is 0 Å². The number of halogens is 2. The number of amides is 2. The van der Waals surface area contributed by atoms with E-state index in [9.17, 15) is 13.6 Å². The summed E-state index contributed by atoms with van der Waals surface area (Å²) >= 11 is 0. The van der Waals surface area contributed by atoms with Crippen molar-refractivity contribution in [2.45, 2.75) is 62.4 Å². The van der Waals surface area contributed by atoms with Gasteiger partial charge in [-0.05, 0) is 62.1 Å². The Bertz CT molecular complexity index is 791. The normalized spacial score (nSPS) is 36.5. The molecule has 2 aliphatic heterocycles. The maximum Gasteiger partial charge on any atom is 0.315 e. The first-order valence-corrected chi connectivity index (χ1v) is 11.1. The van der Waals surface area contributed by atoms with Crippen LogP contribution in [0.15, 0.2) is 18.2 Å². The topological polar surface area (TPSA) is 79.6 Å². The monoisotopic (exact) mass is 420 g/mol. The number of carbonyl (C=O) groups excluding carboxylic acids is 1. The van der Waals surface area contributed by atoms with Gasteiger partial charge in [-0.15, -0.1) is 0 Å². The molecule has 2 saturated carbocycles. The first kappa shape index (κ1) is 20.2. The molecule has 164 valence electrons. The van der Waals surface area contributed by atoms with Gasteiger partial charge in [0.2, 0.25) is 0 Å². The van der Waals surface area contributed by atoms with Gasteiger partial charge in [0, 0.05) is 42.8 Å². The second kappa shape index (κ2) is 8.05. The van der Waals surface area contributed by atoms with Crippen LogP contribution in [-0.4, -0.2) is 54.8 Å². The van der Waals surface area contributed by atoms with Crippen LogP contribution in [0.4, 0.5) is 13.6 Å². The highest BCUT2D eigenvalue weighted by Crippen LogP contribution is 2.41. The maximum atomic E-state index is 14.1. The van der Waals surface area contributed by atoms with Gasteiger partial charge in [0.25, 0.3) is 0 Å². The van der Waals surface area contributed by atoms with Gasteiger partial charge < -0.3 is 21.1 Å². The Morgan fingerprint density at radius 2 is 1.77 bits per heavy atom. The molecule has 6 nitrogen and oxygen atoms in total. The van der Waals surface area contributed by atoms with Gasteiger partial charge in [-0.1, -0.05) is 0 Å². The Labute approximate surface area is 175 Å². The lowest BCUT2D eigenvalue weighted by Crippen LogP contribution is -2.49. The Hall–Kier alpha value is -1.77. The Morgan fingerprint density at radius 3 is 2.43 bits per heavy atom. The first-order valence-electron chi connectivity index (χ1n) is 11.1. The molecule has 1 aromatic rings. The molecule has 1 aromatic carbocycles. The zero-order valence-electron chi connectivity index (χ0n) is 17.0. The van der Waals surface area contributed by atoms with Crippen molar-refractivity contribution in [1.29, 1.82) is 0 Å². The molecule has 2 aliphatic carbocycles. The van der Waals surface area contributed by atoms with E-state index in [2.05, 4.69) is 15.5 Å². The summed E-state index contributed by atoms with van der Waals surface area (Å²) in [4.78, 5) is 14.4. The fourth-order valence-corrected chi connectivity index (χ4v) is 5.54. The molecule has 0 spiro atoms. The fourth-order valence-electron chi connectivity index (χ4n) is 5.54. The molecule has 4 aliphatic rings. The second-order valence-corrected chi connectivity index (χ2v) is 9.51. The van der Waals surface area contributed by atoms with E-state index in [-0.39, 0.29) is 29.7 Å². The zero-order valence-corrected chi connectivity index (χ0v) is 17.0.